The van der Waals surface area contributed by atoms with E-state index in [0.717, 1.165) is 31.5 Å². The molecular formula is C17H35NO. The molecule has 114 valence electrons. The molecule has 2 heteroatoms. The van der Waals surface area contributed by atoms with E-state index in [4.69, 9.17) is 4.74 Å². The van der Waals surface area contributed by atoms with E-state index in [0.29, 0.717) is 0 Å². The lowest BCUT2D eigenvalue weighted by Crippen LogP contribution is -2.46. The van der Waals surface area contributed by atoms with Crippen molar-refractivity contribution in [1.82, 2.24) is 5.32 Å². The Bertz CT molecular complexity index is 229. The van der Waals surface area contributed by atoms with Crippen molar-refractivity contribution in [1.29, 1.82) is 0 Å². The first kappa shape index (κ1) is 17.0. The maximum absolute atomic E-state index is 6.38. The predicted octanol–water partition coefficient (Wildman–Crippen LogP) is 4.39. The van der Waals surface area contributed by atoms with Crippen LogP contribution in [0.25, 0.3) is 0 Å². The third-order valence-corrected chi connectivity index (χ3v) is 4.26. The van der Waals surface area contributed by atoms with Crippen molar-refractivity contribution in [2.45, 2.75) is 78.2 Å². The first-order valence-electron chi connectivity index (χ1n) is 8.42. The largest absolute Gasteiger partial charge is 0.374 e. The Morgan fingerprint density at radius 1 is 1.37 bits per heavy atom. The second-order valence-corrected chi connectivity index (χ2v) is 6.95. The van der Waals surface area contributed by atoms with Gasteiger partial charge in [0.25, 0.3) is 0 Å². The highest BCUT2D eigenvalue weighted by Crippen LogP contribution is 2.35. The summed E-state index contributed by atoms with van der Waals surface area (Å²) in [6, 6.07) is 0. The molecule has 2 unspecified atom stereocenters. The lowest BCUT2D eigenvalue weighted by molar-refractivity contribution is -0.0807. The molecule has 0 radical (unpaired) electrons. The summed E-state index contributed by atoms with van der Waals surface area (Å²) in [5.74, 6) is 1.62. The molecule has 0 saturated heterocycles. The van der Waals surface area contributed by atoms with Crippen LogP contribution >= 0.6 is 0 Å². The molecule has 1 aliphatic rings. The van der Waals surface area contributed by atoms with Gasteiger partial charge in [-0.1, -0.05) is 40.5 Å². The van der Waals surface area contributed by atoms with E-state index in [1.54, 1.807) is 0 Å². The van der Waals surface area contributed by atoms with Crippen LogP contribution in [0.4, 0.5) is 0 Å². The zero-order valence-electron chi connectivity index (χ0n) is 13.6. The van der Waals surface area contributed by atoms with Crippen LogP contribution in [-0.2, 0) is 4.74 Å². The lowest BCUT2D eigenvalue weighted by atomic mass is 9.78. The number of rotatable bonds is 9. The second-order valence-electron chi connectivity index (χ2n) is 6.95. The fourth-order valence-corrected chi connectivity index (χ4v) is 3.23. The molecule has 1 aliphatic carbocycles. The average Bonchev–Trinajstić information content (AvgIpc) is 2.35. The molecule has 1 rings (SSSR count). The summed E-state index contributed by atoms with van der Waals surface area (Å²) in [6.45, 7) is 12.3. The topological polar surface area (TPSA) is 21.3 Å². The molecule has 2 nitrogen and oxygen atoms in total. The monoisotopic (exact) mass is 269 g/mol. The molecule has 1 saturated carbocycles. The van der Waals surface area contributed by atoms with Crippen molar-refractivity contribution in [2.75, 3.05) is 19.7 Å². The van der Waals surface area contributed by atoms with Gasteiger partial charge in [0, 0.05) is 13.2 Å². The van der Waals surface area contributed by atoms with E-state index in [-0.39, 0.29) is 5.60 Å². The van der Waals surface area contributed by atoms with Crippen molar-refractivity contribution < 1.29 is 4.74 Å². The zero-order chi connectivity index (χ0) is 14.1. The Morgan fingerprint density at radius 2 is 2.16 bits per heavy atom. The molecule has 0 aromatic rings. The molecule has 0 aromatic carbocycles. The van der Waals surface area contributed by atoms with Gasteiger partial charge in [0.15, 0.2) is 0 Å². The molecule has 0 bridgehead atoms. The fourth-order valence-electron chi connectivity index (χ4n) is 3.23. The van der Waals surface area contributed by atoms with Crippen LogP contribution in [0.3, 0.4) is 0 Å². The van der Waals surface area contributed by atoms with Crippen molar-refractivity contribution in [3.63, 3.8) is 0 Å². The number of ether oxygens (including phenoxy) is 1. The van der Waals surface area contributed by atoms with Crippen LogP contribution in [0.15, 0.2) is 0 Å². The Balaban J connectivity index is 2.39. The Kier molecular flexibility index (Phi) is 8.01. The molecule has 0 aromatic heterocycles. The Hall–Kier alpha value is -0.0800. The lowest BCUT2D eigenvalue weighted by Gasteiger charge is -2.40. The van der Waals surface area contributed by atoms with Crippen LogP contribution in [0.5, 0.6) is 0 Å². The van der Waals surface area contributed by atoms with Crippen LogP contribution < -0.4 is 5.32 Å². The van der Waals surface area contributed by atoms with E-state index < -0.39 is 0 Å². The van der Waals surface area contributed by atoms with Crippen LogP contribution in [0, 0.1) is 11.8 Å². The van der Waals surface area contributed by atoms with Crippen molar-refractivity contribution in [2.24, 2.45) is 11.8 Å². The minimum absolute atomic E-state index is 0.129. The second kappa shape index (κ2) is 8.97. The predicted molar refractivity (Wildman–Crippen MR) is 83.5 cm³/mol. The van der Waals surface area contributed by atoms with Crippen molar-refractivity contribution in [3.8, 4) is 0 Å². The highest BCUT2D eigenvalue weighted by molar-refractivity contribution is 4.89. The molecule has 19 heavy (non-hydrogen) atoms. The molecule has 1 N–H and O–H groups in total. The summed E-state index contributed by atoms with van der Waals surface area (Å²) < 4.78 is 6.38. The van der Waals surface area contributed by atoms with Gasteiger partial charge < -0.3 is 10.1 Å². The molecule has 0 amide bonds. The summed E-state index contributed by atoms with van der Waals surface area (Å²) in [6.07, 6.45) is 8.90. The van der Waals surface area contributed by atoms with Gasteiger partial charge >= 0.3 is 0 Å². The normalized spacial score (nSPS) is 27.9. The summed E-state index contributed by atoms with van der Waals surface area (Å²) in [5, 5.41) is 3.59. The van der Waals surface area contributed by atoms with Crippen LogP contribution in [-0.4, -0.2) is 25.3 Å². The highest BCUT2D eigenvalue weighted by Gasteiger charge is 2.35. The molecule has 2 atom stereocenters. The van der Waals surface area contributed by atoms with Gasteiger partial charge in [0.05, 0.1) is 5.60 Å². The molecule has 1 fully saturated rings. The van der Waals surface area contributed by atoms with Gasteiger partial charge in [-0.2, -0.15) is 0 Å². The zero-order valence-corrected chi connectivity index (χ0v) is 13.6. The van der Waals surface area contributed by atoms with Crippen LogP contribution in [0.1, 0.15) is 72.6 Å². The highest BCUT2D eigenvalue weighted by atomic mass is 16.5. The fraction of sp³-hybridized carbons (Fsp3) is 1.00. The van der Waals surface area contributed by atoms with E-state index in [1.807, 2.05) is 0 Å². The number of hydrogen-bond acceptors (Lipinski definition) is 2. The SMILES string of the molecule is CCCNCC1(OCCCC(C)C)CCCC(C)C1. The van der Waals surface area contributed by atoms with Gasteiger partial charge in [-0.25, -0.2) is 0 Å². The number of nitrogens with one attached hydrogen (secondary N) is 1. The van der Waals surface area contributed by atoms with Gasteiger partial charge in [-0.15, -0.1) is 0 Å². The van der Waals surface area contributed by atoms with Crippen molar-refractivity contribution >= 4 is 0 Å². The van der Waals surface area contributed by atoms with E-state index >= 15 is 0 Å². The molecule has 0 spiro atoms. The summed E-state index contributed by atoms with van der Waals surface area (Å²) >= 11 is 0. The summed E-state index contributed by atoms with van der Waals surface area (Å²) in [7, 11) is 0. The van der Waals surface area contributed by atoms with Gasteiger partial charge in [-0.05, 0) is 50.5 Å². The third kappa shape index (κ3) is 6.76. The standard InChI is InChI=1S/C17H35NO/c1-5-11-18-14-17(10-6-9-16(4)13-17)19-12-7-8-15(2)3/h15-16,18H,5-14H2,1-4H3. The maximum atomic E-state index is 6.38. The van der Waals surface area contributed by atoms with E-state index in [2.05, 4.69) is 33.0 Å². The van der Waals surface area contributed by atoms with Gasteiger partial charge in [0.1, 0.15) is 0 Å². The quantitative estimate of drug-likeness (QED) is 0.627. The molecular weight excluding hydrogens is 234 g/mol. The first-order chi connectivity index (χ1) is 9.08. The van der Waals surface area contributed by atoms with Crippen LogP contribution in [0.2, 0.25) is 0 Å². The maximum Gasteiger partial charge on any atom is 0.0808 e. The molecule has 0 aliphatic heterocycles. The number of hydrogen-bond donors (Lipinski definition) is 1. The van der Waals surface area contributed by atoms with Crippen molar-refractivity contribution in [3.05, 3.63) is 0 Å². The third-order valence-electron chi connectivity index (χ3n) is 4.26. The van der Waals surface area contributed by atoms with E-state index in [9.17, 15) is 0 Å². The average molecular weight is 269 g/mol. The first-order valence-corrected chi connectivity index (χ1v) is 8.42. The molecule has 0 heterocycles. The van der Waals surface area contributed by atoms with Gasteiger partial charge in [0.2, 0.25) is 0 Å². The smallest absolute Gasteiger partial charge is 0.0808 e. The summed E-state index contributed by atoms with van der Waals surface area (Å²) in [5.41, 5.74) is 0.129. The Labute approximate surface area is 120 Å². The Morgan fingerprint density at radius 3 is 2.79 bits per heavy atom. The van der Waals surface area contributed by atoms with Gasteiger partial charge in [-0.3, -0.25) is 0 Å². The minimum Gasteiger partial charge on any atom is -0.374 e. The van der Waals surface area contributed by atoms with E-state index in [1.165, 1.54) is 44.9 Å². The summed E-state index contributed by atoms with van der Waals surface area (Å²) in [4.78, 5) is 0. The minimum atomic E-state index is 0.129.